The molecule has 0 radical (unpaired) electrons. The van der Waals surface area contributed by atoms with E-state index in [1.54, 1.807) is 0 Å². The van der Waals surface area contributed by atoms with Gasteiger partial charge in [-0.3, -0.25) is 10.1 Å². The lowest BCUT2D eigenvalue weighted by Crippen LogP contribution is -2.46. The molecule has 2 aliphatic heterocycles. The lowest BCUT2D eigenvalue weighted by atomic mass is 9.82. The van der Waals surface area contributed by atoms with E-state index in [4.69, 9.17) is 4.74 Å². The van der Waals surface area contributed by atoms with Crippen LogP contribution >= 0.6 is 0 Å². The average molecular weight is 252 g/mol. The highest BCUT2D eigenvalue weighted by Gasteiger charge is 2.49. The fraction of sp³-hybridized carbons (Fsp3) is 0.929. The number of ether oxygens (including phenoxy) is 1. The summed E-state index contributed by atoms with van der Waals surface area (Å²) < 4.78 is 5.43. The molecule has 2 saturated heterocycles. The zero-order chi connectivity index (χ0) is 12.6. The highest BCUT2D eigenvalue weighted by Crippen LogP contribution is 2.37. The van der Waals surface area contributed by atoms with Crippen molar-refractivity contribution in [1.82, 2.24) is 10.2 Å². The molecular formula is C14H24N2O2. The smallest absolute Gasteiger partial charge is 0.243 e. The second-order valence-corrected chi connectivity index (χ2v) is 6.55. The van der Waals surface area contributed by atoms with E-state index in [-0.39, 0.29) is 11.0 Å². The molecule has 0 atom stereocenters. The Labute approximate surface area is 109 Å². The molecule has 0 aromatic heterocycles. The summed E-state index contributed by atoms with van der Waals surface area (Å²) in [6.07, 6.45) is 6.59. The molecule has 1 aliphatic carbocycles. The van der Waals surface area contributed by atoms with E-state index in [1.807, 2.05) is 0 Å². The monoisotopic (exact) mass is 252 g/mol. The zero-order valence-corrected chi connectivity index (χ0v) is 11.3. The Balaban J connectivity index is 1.65. The summed E-state index contributed by atoms with van der Waals surface area (Å²) in [4.78, 5) is 14.6. The average Bonchev–Trinajstić information content (AvgIpc) is 2.94. The molecule has 0 aromatic carbocycles. The third-order valence-corrected chi connectivity index (χ3v) is 5.03. The lowest BCUT2D eigenvalue weighted by Gasteiger charge is -2.37. The van der Waals surface area contributed by atoms with Gasteiger partial charge in [0.25, 0.3) is 0 Å². The number of nitrogens with zero attached hydrogens (tertiary/aromatic N) is 1. The van der Waals surface area contributed by atoms with Crippen molar-refractivity contribution in [3.05, 3.63) is 0 Å². The summed E-state index contributed by atoms with van der Waals surface area (Å²) in [5.41, 5.74) is 0.0568. The van der Waals surface area contributed by atoms with Gasteiger partial charge in [-0.15, -0.1) is 0 Å². The van der Waals surface area contributed by atoms with Crippen LogP contribution < -0.4 is 5.32 Å². The standard InChI is InChI=1S/C14H24N2O2/c1-13(6-8-18-9-7-13)10-16-11-15-14(12(16)17)4-2-3-5-14/h15H,2-11H2,1H3. The number of rotatable bonds is 2. The van der Waals surface area contributed by atoms with E-state index < -0.39 is 0 Å². The normalized spacial score (nSPS) is 30.3. The molecule has 0 unspecified atom stereocenters. The van der Waals surface area contributed by atoms with Gasteiger partial charge in [0.15, 0.2) is 0 Å². The van der Waals surface area contributed by atoms with Gasteiger partial charge < -0.3 is 9.64 Å². The van der Waals surface area contributed by atoms with Crippen molar-refractivity contribution < 1.29 is 9.53 Å². The van der Waals surface area contributed by atoms with Gasteiger partial charge in [0.1, 0.15) is 0 Å². The molecule has 3 aliphatic rings. The van der Waals surface area contributed by atoms with Crippen molar-refractivity contribution in [2.45, 2.75) is 51.0 Å². The molecular weight excluding hydrogens is 228 g/mol. The molecule has 1 N–H and O–H groups in total. The minimum Gasteiger partial charge on any atom is -0.381 e. The number of hydrogen-bond acceptors (Lipinski definition) is 3. The van der Waals surface area contributed by atoms with Crippen LogP contribution in [0, 0.1) is 5.41 Å². The summed E-state index contributed by atoms with van der Waals surface area (Å²) in [5, 5.41) is 3.48. The molecule has 1 spiro atoms. The maximum Gasteiger partial charge on any atom is 0.243 e. The second kappa shape index (κ2) is 4.49. The van der Waals surface area contributed by atoms with Gasteiger partial charge in [0.2, 0.25) is 5.91 Å². The number of hydrogen-bond donors (Lipinski definition) is 1. The van der Waals surface area contributed by atoms with Crippen molar-refractivity contribution in [2.75, 3.05) is 26.4 Å². The molecule has 3 fully saturated rings. The molecule has 1 saturated carbocycles. The van der Waals surface area contributed by atoms with Crippen molar-refractivity contribution in [2.24, 2.45) is 5.41 Å². The van der Waals surface area contributed by atoms with E-state index in [0.29, 0.717) is 5.91 Å². The van der Waals surface area contributed by atoms with Crippen molar-refractivity contribution >= 4 is 5.91 Å². The van der Waals surface area contributed by atoms with Crippen LogP contribution in [0.4, 0.5) is 0 Å². The molecule has 0 aromatic rings. The first kappa shape index (κ1) is 12.4. The third kappa shape index (κ3) is 2.05. The first-order chi connectivity index (χ1) is 8.64. The minimum absolute atomic E-state index is 0.193. The van der Waals surface area contributed by atoms with Gasteiger partial charge >= 0.3 is 0 Å². The number of amides is 1. The number of carbonyl (C=O) groups is 1. The second-order valence-electron chi connectivity index (χ2n) is 6.55. The van der Waals surface area contributed by atoms with Crippen molar-refractivity contribution in [3.8, 4) is 0 Å². The Bertz CT molecular complexity index is 331. The summed E-state index contributed by atoms with van der Waals surface area (Å²) in [7, 11) is 0. The van der Waals surface area contributed by atoms with Gasteiger partial charge in [0, 0.05) is 19.8 Å². The van der Waals surface area contributed by atoms with Crippen LogP contribution in [0.2, 0.25) is 0 Å². The SMILES string of the molecule is CC1(CN2CNC3(CCCC3)C2=O)CCOCC1. The van der Waals surface area contributed by atoms with E-state index in [2.05, 4.69) is 17.1 Å². The van der Waals surface area contributed by atoms with Crippen LogP contribution in [0.15, 0.2) is 0 Å². The fourth-order valence-electron chi connectivity index (χ4n) is 3.68. The van der Waals surface area contributed by atoms with Gasteiger partial charge in [-0.1, -0.05) is 19.8 Å². The maximum atomic E-state index is 12.6. The minimum atomic E-state index is -0.193. The number of nitrogens with one attached hydrogen (secondary N) is 1. The third-order valence-electron chi connectivity index (χ3n) is 5.03. The predicted molar refractivity (Wildman–Crippen MR) is 69.1 cm³/mol. The Morgan fingerprint density at radius 2 is 1.89 bits per heavy atom. The summed E-state index contributed by atoms with van der Waals surface area (Å²) >= 11 is 0. The summed E-state index contributed by atoms with van der Waals surface area (Å²) in [6.45, 7) is 5.62. The lowest BCUT2D eigenvalue weighted by molar-refractivity contribution is -0.134. The Morgan fingerprint density at radius 3 is 2.56 bits per heavy atom. The largest absolute Gasteiger partial charge is 0.381 e. The van der Waals surface area contributed by atoms with E-state index in [0.717, 1.165) is 52.1 Å². The van der Waals surface area contributed by atoms with Crippen LogP contribution in [0.1, 0.15) is 45.4 Å². The molecule has 3 rings (SSSR count). The fourth-order valence-corrected chi connectivity index (χ4v) is 3.68. The molecule has 18 heavy (non-hydrogen) atoms. The predicted octanol–water partition coefficient (Wildman–Crippen LogP) is 1.51. The van der Waals surface area contributed by atoms with Crippen LogP contribution in [0.3, 0.4) is 0 Å². The van der Waals surface area contributed by atoms with Gasteiger partial charge in [-0.25, -0.2) is 0 Å². The van der Waals surface area contributed by atoms with Crippen LogP contribution in [0.25, 0.3) is 0 Å². The Hall–Kier alpha value is -0.610. The highest BCUT2D eigenvalue weighted by atomic mass is 16.5. The molecule has 2 heterocycles. The van der Waals surface area contributed by atoms with Crippen LogP contribution in [-0.2, 0) is 9.53 Å². The van der Waals surface area contributed by atoms with E-state index in [9.17, 15) is 4.79 Å². The van der Waals surface area contributed by atoms with Gasteiger partial charge in [-0.2, -0.15) is 0 Å². The van der Waals surface area contributed by atoms with E-state index >= 15 is 0 Å². The molecule has 4 nitrogen and oxygen atoms in total. The van der Waals surface area contributed by atoms with Gasteiger partial charge in [0.05, 0.1) is 12.2 Å². The van der Waals surface area contributed by atoms with E-state index in [1.165, 1.54) is 12.8 Å². The molecule has 102 valence electrons. The molecule has 0 bridgehead atoms. The Morgan fingerprint density at radius 1 is 1.22 bits per heavy atom. The highest BCUT2D eigenvalue weighted by molar-refractivity contribution is 5.88. The topological polar surface area (TPSA) is 41.6 Å². The summed E-state index contributed by atoms with van der Waals surface area (Å²) in [5.74, 6) is 0.354. The van der Waals surface area contributed by atoms with Crippen molar-refractivity contribution in [3.63, 3.8) is 0 Å². The van der Waals surface area contributed by atoms with Crippen LogP contribution in [-0.4, -0.2) is 42.8 Å². The first-order valence-corrected chi connectivity index (χ1v) is 7.26. The van der Waals surface area contributed by atoms with Crippen LogP contribution in [0.5, 0.6) is 0 Å². The van der Waals surface area contributed by atoms with Crippen molar-refractivity contribution in [1.29, 1.82) is 0 Å². The number of carbonyl (C=O) groups excluding carboxylic acids is 1. The first-order valence-electron chi connectivity index (χ1n) is 7.26. The maximum absolute atomic E-state index is 12.6. The molecule has 1 amide bonds. The molecule has 4 heteroatoms. The zero-order valence-electron chi connectivity index (χ0n) is 11.3. The Kier molecular flexibility index (Phi) is 3.10. The van der Waals surface area contributed by atoms with Gasteiger partial charge in [-0.05, 0) is 31.1 Å². The summed E-state index contributed by atoms with van der Waals surface area (Å²) in [6, 6.07) is 0. The quantitative estimate of drug-likeness (QED) is 0.810.